The van der Waals surface area contributed by atoms with Crippen molar-refractivity contribution in [1.82, 2.24) is 15.0 Å². The quantitative estimate of drug-likeness (QED) is 0.172. The van der Waals surface area contributed by atoms with Crippen molar-refractivity contribution < 1.29 is 0 Å². The topological polar surface area (TPSA) is 38.7 Å². The highest BCUT2D eigenvalue weighted by Gasteiger charge is 2.16. The van der Waals surface area contributed by atoms with Crippen molar-refractivity contribution in [3.05, 3.63) is 188 Å². The van der Waals surface area contributed by atoms with E-state index in [0.29, 0.717) is 17.5 Å². The summed E-state index contributed by atoms with van der Waals surface area (Å²) in [7, 11) is 0. The Bertz CT molecular complexity index is 2950. The van der Waals surface area contributed by atoms with E-state index < -0.39 is 0 Å². The standard InChI is InChI=1S/C49H31N3/c1-3-12-32(13-4-1)37-18-9-20-39(30-37)48-50-47(36-15-5-2-6-16-36)51-49(52-48)40-21-10-19-38(31-40)42-23-11-17-34-24-25-35-27-28-43-41-22-8-7-14-33(41)26-29-44(43)46(35)45(34)42/h1-31H. The lowest BCUT2D eigenvalue weighted by Crippen LogP contribution is -2.00. The van der Waals surface area contributed by atoms with Gasteiger partial charge in [0.25, 0.3) is 0 Å². The van der Waals surface area contributed by atoms with Gasteiger partial charge in [-0.25, -0.2) is 15.0 Å². The second-order valence-corrected chi connectivity index (χ2v) is 13.2. The lowest BCUT2D eigenvalue weighted by Gasteiger charge is -2.15. The molecule has 0 fully saturated rings. The highest BCUT2D eigenvalue weighted by atomic mass is 15.0. The van der Waals surface area contributed by atoms with Crippen LogP contribution >= 0.6 is 0 Å². The molecule has 0 aliphatic rings. The third-order valence-electron chi connectivity index (χ3n) is 10.1. The molecule has 52 heavy (non-hydrogen) atoms. The minimum Gasteiger partial charge on any atom is -0.208 e. The van der Waals surface area contributed by atoms with E-state index in [2.05, 4.69) is 164 Å². The summed E-state index contributed by atoms with van der Waals surface area (Å²) in [6.45, 7) is 0. The summed E-state index contributed by atoms with van der Waals surface area (Å²) in [4.78, 5) is 15.2. The number of fused-ring (bicyclic) bond motifs is 7. The SMILES string of the molecule is c1ccc(-c2cccc(-c3nc(-c4ccccc4)nc(-c4cccc(-c5cccc6ccc7ccc8c9ccccc9ccc8c7c56)c4)n3)c2)cc1. The zero-order chi connectivity index (χ0) is 34.4. The average molecular weight is 662 g/mol. The molecule has 0 bridgehead atoms. The summed E-state index contributed by atoms with van der Waals surface area (Å²) >= 11 is 0. The van der Waals surface area contributed by atoms with Gasteiger partial charge in [0.15, 0.2) is 17.5 Å². The van der Waals surface area contributed by atoms with E-state index in [0.717, 1.165) is 33.4 Å². The first kappa shape index (κ1) is 29.9. The molecule has 242 valence electrons. The van der Waals surface area contributed by atoms with Crippen LogP contribution in [0.2, 0.25) is 0 Å². The average Bonchev–Trinajstić information content (AvgIpc) is 3.23. The zero-order valence-electron chi connectivity index (χ0n) is 28.2. The number of nitrogens with zero attached hydrogens (tertiary/aromatic N) is 3. The first-order valence-electron chi connectivity index (χ1n) is 17.6. The monoisotopic (exact) mass is 661 g/mol. The summed E-state index contributed by atoms with van der Waals surface area (Å²) < 4.78 is 0. The maximum absolute atomic E-state index is 5.13. The molecule has 0 atom stereocenters. The molecule has 10 aromatic rings. The highest BCUT2D eigenvalue weighted by Crippen LogP contribution is 2.40. The van der Waals surface area contributed by atoms with Crippen LogP contribution in [0.5, 0.6) is 0 Å². The lowest BCUT2D eigenvalue weighted by atomic mass is 9.89. The van der Waals surface area contributed by atoms with Crippen LogP contribution in [0.25, 0.3) is 99.5 Å². The van der Waals surface area contributed by atoms with Crippen LogP contribution in [0.15, 0.2) is 188 Å². The van der Waals surface area contributed by atoms with Gasteiger partial charge in [0.2, 0.25) is 0 Å². The molecule has 0 spiro atoms. The van der Waals surface area contributed by atoms with Crippen molar-refractivity contribution in [2.45, 2.75) is 0 Å². The summed E-state index contributed by atoms with van der Waals surface area (Å²) in [6.07, 6.45) is 0. The first-order valence-corrected chi connectivity index (χ1v) is 17.6. The Kier molecular flexibility index (Phi) is 7.14. The molecule has 0 aliphatic heterocycles. The molecule has 0 N–H and O–H groups in total. The summed E-state index contributed by atoms with van der Waals surface area (Å²) in [5.41, 5.74) is 7.39. The van der Waals surface area contributed by atoms with E-state index in [4.69, 9.17) is 15.0 Å². The van der Waals surface area contributed by atoms with Crippen molar-refractivity contribution in [3.8, 4) is 56.4 Å². The normalized spacial score (nSPS) is 11.5. The molecular formula is C49H31N3. The number of rotatable bonds is 5. The fourth-order valence-corrected chi connectivity index (χ4v) is 7.58. The summed E-state index contributed by atoms with van der Waals surface area (Å²) in [5, 5.41) is 10.0. The van der Waals surface area contributed by atoms with Gasteiger partial charge in [-0.1, -0.05) is 176 Å². The van der Waals surface area contributed by atoms with Gasteiger partial charge in [-0.2, -0.15) is 0 Å². The molecule has 0 aliphatic carbocycles. The van der Waals surface area contributed by atoms with Gasteiger partial charge in [-0.3, -0.25) is 0 Å². The van der Waals surface area contributed by atoms with Gasteiger partial charge in [-0.15, -0.1) is 0 Å². The van der Waals surface area contributed by atoms with Gasteiger partial charge in [0.05, 0.1) is 0 Å². The fraction of sp³-hybridized carbons (Fsp3) is 0. The third kappa shape index (κ3) is 5.19. The van der Waals surface area contributed by atoms with Crippen molar-refractivity contribution in [3.63, 3.8) is 0 Å². The second kappa shape index (κ2) is 12.4. The maximum atomic E-state index is 5.13. The van der Waals surface area contributed by atoms with E-state index in [1.54, 1.807) is 0 Å². The third-order valence-corrected chi connectivity index (χ3v) is 10.1. The highest BCUT2D eigenvalue weighted by molar-refractivity contribution is 6.27. The molecule has 0 saturated heterocycles. The van der Waals surface area contributed by atoms with E-state index in [-0.39, 0.29) is 0 Å². The van der Waals surface area contributed by atoms with E-state index in [1.165, 1.54) is 48.7 Å². The van der Waals surface area contributed by atoms with Gasteiger partial charge < -0.3 is 0 Å². The van der Waals surface area contributed by atoms with Crippen molar-refractivity contribution in [1.29, 1.82) is 0 Å². The van der Waals surface area contributed by atoms with Gasteiger partial charge >= 0.3 is 0 Å². The Labute approximate surface area is 301 Å². The van der Waals surface area contributed by atoms with Crippen molar-refractivity contribution in [2.24, 2.45) is 0 Å². The Morgan fingerprint density at radius 1 is 0.250 bits per heavy atom. The molecule has 10 rings (SSSR count). The molecule has 9 aromatic carbocycles. The van der Waals surface area contributed by atoms with Gasteiger partial charge in [-0.05, 0) is 77.5 Å². The van der Waals surface area contributed by atoms with Crippen LogP contribution in [0, 0.1) is 0 Å². The van der Waals surface area contributed by atoms with E-state index in [1.807, 2.05) is 24.3 Å². The molecule has 0 saturated carbocycles. The molecule has 1 heterocycles. The van der Waals surface area contributed by atoms with Gasteiger partial charge in [0.1, 0.15) is 0 Å². The zero-order valence-corrected chi connectivity index (χ0v) is 28.2. The predicted octanol–water partition coefficient (Wildman–Crippen LogP) is 12.8. The first-order chi connectivity index (χ1) is 25.8. The predicted molar refractivity (Wildman–Crippen MR) is 217 cm³/mol. The molecule has 0 unspecified atom stereocenters. The minimum absolute atomic E-state index is 0.637. The van der Waals surface area contributed by atoms with Crippen LogP contribution in [0.1, 0.15) is 0 Å². The summed E-state index contributed by atoms with van der Waals surface area (Å²) in [6, 6.07) is 66.5. The largest absolute Gasteiger partial charge is 0.208 e. The summed E-state index contributed by atoms with van der Waals surface area (Å²) in [5.74, 6) is 1.92. The Hall–Kier alpha value is -6.97. The minimum atomic E-state index is 0.637. The number of benzene rings is 9. The van der Waals surface area contributed by atoms with Crippen LogP contribution in [0.4, 0.5) is 0 Å². The maximum Gasteiger partial charge on any atom is 0.164 e. The second-order valence-electron chi connectivity index (χ2n) is 13.2. The molecular weight excluding hydrogens is 631 g/mol. The Morgan fingerprint density at radius 2 is 0.731 bits per heavy atom. The molecule has 3 nitrogen and oxygen atoms in total. The van der Waals surface area contributed by atoms with Crippen LogP contribution in [-0.2, 0) is 0 Å². The smallest absolute Gasteiger partial charge is 0.164 e. The van der Waals surface area contributed by atoms with Crippen LogP contribution in [-0.4, -0.2) is 15.0 Å². The molecule has 0 radical (unpaired) electrons. The molecule has 0 amide bonds. The van der Waals surface area contributed by atoms with Crippen LogP contribution < -0.4 is 0 Å². The van der Waals surface area contributed by atoms with Gasteiger partial charge in [0, 0.05) is 16.7 Å². The lowest BCUT2D eigenvalue weighted by molar-refractivity contribution is 1.07. The Balaban J connectivity index is 1.16. The fourth-order valence-electron chi connectivity index (χ4n) is 7.58. The Morgan fingerprint density at radius 3 is 1.48 bits per heavy atom. The number of hydrogen-bond acceptors (Lipinski definition) is 3. The van der Waals surface area contributed by atoms with Crippen molar-refractivity contribution in [2.75, 3.05) is 0 Å². The van der Waals surface area contributed by atoms with Crippen LogP contribution in [0.3, 0.4) is 0 Å². The van der Waals surface area contributed by atoms with E-state index in [9.17, 15) is 0 Å². The number of hydrogen-bond donors (Lipinski definition) is 0. The molecule has 3 heteroatoms. The molecule has 1 aromatic heterocycles. The number of aromatic nitrogens is 3. The van der Waals surface area contributed by atoms with E-state index >= 15 is 0 Å². The van der Waals surface area contributed by atoms with Crippen molar-refractivity contribution >= 4 is 43.1 Å².